The molecule has 0 aliphatic heterocycles. The van der Waals surface area contributed by atoms with Gasteiger partial charge in [-0.25, -0.2) is 0 Å². The number of rotatable bonds is 6. The number of halogens is 1. The highest BCUT2D eigenvalue weighted by molar-refractivity contribution is 9.10. The lowest BCUT2D eigenvalue weighted by Gasteiger charge is -2.12. The van der Waals surface area contributed by atoms with Gasteiger partial charge in [-0.2, -0.15) is 0 Å². The van der Waals surface area contributed by atoms with Crippen LogP contribution in [0.1, 0.15) is 11.1 Å². The van der Waals surface area contributed by atoms with Crippen LogP contribution < -0.4 is 19.5 Å². The van der Waals surface area contributed by atoms with Gasteiger partial charge in [0.15, 0.2) is 18.1 Å². The molecule has 24 heavy (non-hydrogen) atoms. The SMILES string of the molecule is COc1ccc(NC(=O)COc2cc(C)c(Br)c(C)c2)cc1OC. The molecule has 0 aromatic heterocycles. The first kappa shape index (κ1) is 18.1. The summed E-state index contributed by atoms with van der Waals surface area (Å²) >= 11 is 3.51. The van der Waals surface area contributed by atoms with Crippen molar-refractivity contribution < 1.29 is 19.0 Å². The minimum atomic E-state index is -0.250. The fourth-order valence-corrected chi connectivity index (χ4v) is 2.48. The zero-order valence-electron chi connectivity index (χ0n) is 14.1. The van der Waals surface area contributed by atoms with Crippen molar-refractivity contribution >= 4 is 27.5 Å². The molecule has 6 heteroatoms. The van der Waals surface area contributed by atoms with Gasteiger partial charge in [-0.15, -0.1) is 0 Å². The van der Waals surface area contributed by atoms with Crippen LogP contribution in [0.15, 0.2) is 34.8 Å². The van der Waals surface area contributed by atoms with Crippen LogP contribution in [0.2, 0.25) is 0 Å². The van der Waals surface area contributed by atoms with Gasteiger partial charge in [-0.3, -0.25) is 4.79 Å². The van der Waals surface area contributed by atoms with E-state index in [1.807, 2.05) is 26.0 Å². The van der Waals surface area contributed by atoms with Crippen molar-refractivity contribution in [1.82, 2.24) is 0 Å². The van der Waals surface area contributed by atoms with E-state index in [4.69, 9.17) is 14.2 Å². The highest BCUT2D eigenvalue weighted by Crippen LogP contribution is 2.30. The van der Waals surface area contributed by atoms with Crippen LogP contribution in [0.3, 0.4) is 0 Å². The van der Waals surface area contributed by atoms with Crippen molar-refractivity contribution in [2.75, 3.05) is 26.1 Å². The first-order valence-electron chi connectivity index (χ1n) is 7.36. The lowest BCUT2D eigenvalue weighted by molar-refractivity contribution is -0.118. The molecule has 2 aromatic carbocycles. The van der Waals surface area contributed by atoms with Crippen molar-refractivity contribution in [3.05, 3.63) is 45.9 Å². The lowest BCUT2D eigenvalue weighted by Crippen LogP contribution is -2.20. The number of methoxy groups -OCH3 is 2. The van der Waals surface area contributed by atoms with Crippen molar-refractivity contribution in [2.24, 2.45) is 0 Å². The normalized spacial score (nSPS) is 10.2. The molecule has 2 rings (SSSR count). The Morgan fingerprint density at radius 3 is 2.25 bits per heavy atom. The largest absolute Gasteiger partial charge is 0.493 e. The van der Waals surface area contributed by atoms with Gasteiger partial charge in [0, 0.05) is 16.2 Å². The van der Waals surface area contributed by atoms with Crippen LogP contribution in [-0.2, 0) is 4.79 Å². The molecule has 0 fully saturated rings. The molecular weight excluding hydrogens is 374 g/mol. The zero-order valence-corrected chi connectivity index (χ0v) is 15.7. The van der Waals surface area contributed by atoms with Gasteiger partial charge in [-0.1, -0.05) is 15.9 Å². The molecular formula is C18H20BrNO4. The number of benzene rings is 2. The zero-order chi connectivity index (χ0) is 17.7. The van der Waals surface area contributed by atoms with Gasteiger partial charge in [-0.05, 0) is 49.2 Å². The van der Waals surface area contributed by atoms with Crippen LogP contribution in [0.4, 0.5) is 5.69 Å². The molecule has 2 aromatic rings. The molecule has 1 N–H and O–H groups in total. The van der Waals surface area contributed by atoms with Gasteiger partial charge in [0.1, 0.15) is 5.75 Å². The van der Waals surface area contributed by atoms with E-state index >= 15 is 0 Å². The highest BCUT2D eigenvalue weighted by atomic mass is 79.9. The second-order valence-corrected chi connectivity index (χ2v) is 6.07. The summed E-state index contributed by atoms with van der Waals surface area (Å²) in [5.74, 6) is 1.57. The summed E-state index contributed by atoms with van der Waals surface area (Å²) in [5, 5.41) is 2.77. The third-order valence-electron chi connectivity index (χ3n) is 3.45. The summed E-state index contributed by atoms with van der Waals surface area (Å²) in [6, 6.07) is 8.95. The molecule has 0 bridgehead atoms. The van der Waals surface area contributed by atoms with Crippen LogP contribution in [0.5, 0.6) is 17.2 Å². The predicted octanol–water partition coefficient (Wildman–Crippen LogP) is 4.10. The number of carbonyl (C=O) groups excluding carboxylic acids is 1. The minimum absolute atomic E-state index is 0.0745. The second-order valence-electron chi connectivity index (χ2n) is 5.28. The molecule has 5 nitrogen and oxygen atoms in total. The van der Waals surface area contributed by atoms with E-state index in [0.29, 0.717) is 22.9 Å². The average molecular weight is 394 g/mol. The first-order chi connectivity index (χ1) is 11.4. The Kier molecular flexibility index (Phi) is 6.09. The van der Waals surface area contributed by atoms with E-state index in [1.165, 1.54) is 0 Å². The van der Waals surface area contributed by atoms with E-state index in [2.05, 4.69) is 21.2 Å². The van der Waals surface area contributed by atoms with E-state index in [9.17, 15) is 4.79 Å². The molecule has 0 spiro atoms. The molecule has 1 amide bonds. The van der Waals surface area contributed by atoms with Gasteiger partial charge in [0.2, 0.25) is 0 Å². The van der Waals surface area contributed by atoms with E-state index < -0.39 is 0 Å². The molecule has 0 aliphatic rings. The van der Waals surface area contributed by atoms with Crippen molar-refractivity contribution in [3.63, 3.8) is 0 Å². The third-order valence-corrected chi connectivity index (χ3v) is 4.70. The Morgan fingerprint density at radius 1 is 1.04 bits per heavy atom. The number of hydrogen-bond donors (Lipinski definition) is 1. The lowest BCUT2D eigenvalue weighted by atomic mass is 10.1. The Hall–Kier alpha value is -2.21. The molecule has 0 radical (unpaired) electrons. The number of nitrogens with one attached hydrogen (secondary N) is 1. The maximum atomic E-state index is 12.1. The summed E-state index contributed by atoms with van der Waals surface area (Å²) in [6.07, 6.45) is 0. The smallest absolute Gasteiger partial charge is 0.262 e. The fourth-order valence-electron chi connectivity index (χ4n) is 2.25. The number of carbonyl (C=O) groups is 1. The average Bonchev–Trinajstić information content (AvgIpc) is 2.57. The topological polar surface area (TPSA) is 56.8 Å². The van der Waals surface area contributed by atoms with Crippen LogP contribution >= 0.6 is 15.9 Å². The minimum Gasteiger partial charge on any atom is -0.493 e. The van der Waals surface area contributed by atoms with Crippen LogP contribution in [0, 0.1) is 13.8 Å². The number of anilines is 1. The number of aryl methyl sites for hydroxylation is 2. The van der Waals surface area contributed by atoms with E-state index in [-0.39, 0.29) is 12.5 Å². The predicted molar refractivity (Wildman–Crippen MR) is 97.3 cm³/mol. The van der Waals surface area contributed by atoms with E-state index in [1.54, 1.807) is 32.4 Å². The second kappa shape index (κ2) is 8.06. The van der Waals surface area contributed by atoms with Crippen molar-refractivity contribution in [1.29, 1.82) is 0 Å². The quantitative estimate of drug-likeness (QED) is 0.802. The van der Waals surface area contributed by atoms with Crippen molar-refractivity contribution in [2.45, 2.75) is 13.8 Å². The summed E-state index contributed by atoms with van der Waals surface area (Å²) < 4.78 is 17.0. The third kappa shape index (κ3) is 4.41. The molecule has 0 saturated carbocycles. The van der Waals surface area contributed by atoms with Crippen molar-refractivity contribution in [3.8, 4) is 17.2 Å². The molecule has 0 heterocycles. The monoisotopic (exact) mass is 393 g/mol. The Balaban J connectivity index is 1.99. The molecule has 0 atom stereocenters. The number of amides is 1. The maximum Gasteiger partial charge on any atom is 0.262 e. The highest BCUT2D eigenvalue weighted by Gasteiger charge is 2.09. The van der Waals surface area contributed by atoms with Gasteiger partial charge in [0.25, 0.3) is 5.91 Å². The summed E-state index contributed by atoms with van der Waals surface area (Å²) in [7, 11) is 3.11. The van der Waals surface area contributed by atoms with Crippen LogP contribution in [0.25, 0.3) is 0 Å². The summed E-state index contributed by atoms with van der Waals surface area (Å²) in [4.78, 5) is 12.1. The van der Waals surface area contributed by atoms with Gasteiger partial charge in [0.05, 0.1) is 14.2 Å². The standard InChI is InChI=1S/C18H20BrNO4/c1-11-7-14(8-12(2)18(11)19)24-10-17(21)20-13-5-6-15(22-3)16(9-13)23-4/h5-9H,10H2,1-4H3,(H,20,21). The molecule has 0 aliphatic carbocycles. The number of ether oxygens (including phenoxy) is 3. The van der Waals surface area contributed by atoms with Gasteiger partial charge >= 0.3 is 0 Å². The van der Waals surface area contributed by atoms with Gasteiger partial charge < -0.3 is 19.5 Å². The fraction of sp³-hybridized carbons (Fsp3) is 0.278. The summed E-state index contributed by atoms with van der Waals surface area (Å²) in [5.41, 5.74) is 2.74. The Labute approximate surface area is 150 Å². The van der Waals surface area contributed by atoms with Crippen LogP contribution in [-0.4, -0.2) is 26.7 Å². The Morgan fingerprint density at radius 2 is 1.67 bits per heavy atom. The van der Waals surface area contributed by atoms with E-state index in [0.717, 1.165) is 15.6 Å². The summed E-state index contributed by atoms with van der Waals surface area (Å²) in [6.45, 7) is 3.89. The maximum absolute atomic E-state index is 12.1. The molecule has 0 saturated heterocycles. The molecule has 128 valence electrons. The number of hydrogen-bond acceptors (Lipinski definition) is 4. The Bertz CT molecular complexity index is 723. The first-order valence-corrected chi connectivity index (χ1v) is 8.15. The molecule has 0 unspecified atom stereocenters.